The van der Waals surface area contributed by atoms with Gasteiger partial charge in [0.05, 0.1) is 5.75 Å². The highest BCUT2D eigenvalue weighted by molar-refractivity contribution is 9.10. The van der Waals surface area contributed by atoms with E-state index in [-0.39, 0.29) is 5.91 Å². The third-order valence-electron chi connectivity index (χ3n) is 2.49. The summed E-state index contributed by atoms with van der Waals surface area (Å²) in [5.74, 6) is 1.37. The number of aromatic nitrogens is 2. The summed E-state index contributed by atoms with van der Waals surface area (Å²) >= 11 is 4.82. The summed E-state index contributed by atoms with van der Waals surface area (Å²) in [6.45, 7) is 7.50. The molecule has 4 nitrogen and oxygen atoms in total. The van der Waals surface area contributed by atoms with Crippen molar-refractivity contribution in [3.8, 4) is 0 Å². The summed E-state index contributed by atoms with van der Waals surface area (Å²) in [4.78, 5) is 22.3. The van der Waals surface area contributed by atoms with E-state index in [0.717, 1.165) is 35.0 Å². The Morgan fingerprint density at radius 1 is 1.33 bits per heavy atom. The van der Waals surface area contributed by atoms with Crippen molar-refractivity contribution in [1.82, 2.24) is 14.9 Å². The Morgan fingerprint density at radius 3 is 2.56 bits per heavy atom. The van der Waals surface area contributed by atoms with Crippen LogP contribution in [0.4, 0.5) is 0 Å². The number of halogens is 1. The zero-order valence-electron chi connectivity index (χ0n) is 10.9. The van der Waals surface area contributed by atoms with Crippen LogP contribution in [-0.4, -0.2) is 39.6 Å². The van der Waals surface area contributed by atoms with E-state index in [4.69, 9.17) is 0 Å². The molecule has 0 unspecified atom stereocenters. The number of carbonyl (C=O) groups is 1. The number of nitrogens with zero attached hydrogens (tertiary/aromatic N) is 3. The summed E-state index contributed by atoms with van der Waals surface area (Å²) < 4.78 is 0.770. The highest BCUT2D eigenvalue weighted by atomic mass is 79.9. The predicted molar refractivity (Wildman–Crippen MR) is 77.8 cm³/mol. The minimum Gasteiger partial charge on any atom is -0.343 e. The van der Waals surface area contributed by atoms with Crippen molar-refractivity contribution in [2.24, 2.45) is 0 Å². The van der Waals surface area contributed by atoms with Gasteiger partial charge < -0.3 is 4.90 Å². The van der Waals surface area contributed by atoms with Crippen LogP contribution in [0.2, 0.25) is 0 Å². The van der Waals surface area contributed by atoms with Gasteiger partial charge in [-0.15, -0.1) is 0 Å². The van der Waals surface area contributed by atoms with E-state index in [9.17, 15) is 4.79 Å². The van der Waals surface area contributed by atoms with Gasteiger partial charge in [0.15, 0.2) is 0 Å². The molecule has 0 aliphatic heterocycles. The summed E-state index contributed by atoms with van der Waals surface area (Å²) in [6.07, 6.45) is 0.789. The number of carbonyl (C=O) groups excluding carboxylic acids is 1. The first-order valence-corrected chi connectivity index (χ1v) is 7.82. The molecule has 0 aliphatic rings. The van der Waals surface area contributed by atoms with Crippen LogP contribution in [0.25, 0.3) is 0 Å². The highest BCUT2D eigenvalue weighted by Gasteiger charge is 2.11. The van der Waals surface area contributed by atoms with Gasteiger partial charge in [0.2, 0.25) is 5.91 Å². The van der Waals surface area contributed by atoms with Gasteiger partial charge in [-0.3, -0.25) is 4.79 Å². The lowest BCUT2D eigenvalue weighted by molar-refractivity contribution is -0.127. The molecule has 0 aliphatic carbocycles. The zero-order chi connectivity index (χ0) is 13.5. The molecular formula is C12H18BrN3OS. The molecule has 0 fully saturated rings. The smallest absolute Gasteiger partial charge is 0.232 e. The Hall–Kier alpha value is -0.620. The minimum absolute atomic E-state index is 0.151. The van der Waals surface area contributed by atoms with Crippen LogP contribution in [-0.2, 0) is 11.2 Å². The Kier molecular flexibility index (Phi) is 6.63. The molecule has 0 N–H and O–H groups in total. The number of thioether (sulfide) groups is 1. The highest BCUT2D eigenvalue weighted by Crippen LogP contribution is 2.19. The van der Waals surface area contributed by atoms with E-state index in [1.807, 2.05) is 31.7 Å². The lowest BCUT2D eigenvalue weighted by atomic mass is 10.4. The first kappa shape index (κ1) is 15.4. The van der Waals surface area contributed by atoms with Crippen LogP contribution in [0.5, 0.6) is 0 Å². The quantitative estimate of drug-likeness (QED) is 0.594. The predicted octanol–water partition coefficient (Wildman–Crippen LogP) is 2.76. The van der Waals surface area contributed by atoms with Crippen LogP contribution in [0.15, 0.2) is 15.7 Å². The maximum atomic E-state index is 11.9. The van der Waals surface area contributed by atoms with E-state index in [1.54, 1.807) is 0 Å². The average Bonchev–Trinajstić information content (AvgIpc) is 2.37. The lowest BCUT2D eigenvalue weighted by Gasteiger charge is -2.18. The zero-order valence-corrected chi connectivity index (χ0v) is 13.3. The molecule has 100 valence electrons. The summed E-state index contributed by atoms with van der Waals surface area (Å²) in [6, 6.07) is 1.85. The van der Waals surface area contributed by atoms with Gasteiger partial charge in [0, 0.05) is 25.6 Å². The van der Waals surface area contributed by atoms with Gasteiger partial charge in [-0.2, -0.15) is 0 Å². The number of hydrogen-bond donors (Lipinski definition) is 0. The molecule has 0 bridgehead atoms. The van der Waals surface area contributed by atoms with Crippen molar-refractivity contribution in [2.75, 3.05) is 18.8 Å². The van der Waals surface area contributed by atoms with Crippen LogP contribution >= 0.6 is 27.7 Å². The third-order valence-corrected chi connectivity index (χ3v) is 3.80. The van der Waals surface area contributed by atoms with E-state index in [0.29, 0.717) is 5.75 Å². The number of hydrogen-bond acceptors (Lipinski definition) is 4. The Morgan fingerprint density at radius 2 is 2.00 bits per heavy atom. The topological polar surface area (TPSA) is 46.1 Å². The largest absolute Gasteiger partial charge is 0.343 e. The second-order valence-electron chi connectivity index (χ2n) is 3.65. The standard InChI is InChI=1S/C12H18BrN3OS/c1-4-10-14-9(13)7-11(15-10)18-8-12(17)16(5-2)6-3/h7H,4-6,8H2,1-3H3. The van der Waals surface area contributed by atoms with Gasteiger partial charge in [-0.25, -0.2) is 9.97 Å². The van der Waals surface area contributed by atoms with Crippen molar-refractivity contribution in [3.63, 3.8) is 0 Å². The van der Waals surface area contributed by atoms with E-state index >= 15 is 0 Å². The monoisotopic (exact) mass is 331 g/mol. The molecule has 0 atom stereocenters. The molecule has 1 aromatic rings. The Balaban J connectivity index is 2.63. The van der Waals surface area contributed by atoms with Gasteiger partial charge in [0.1, 0.15) is 15.5 Å². The van der Waals surface area contributed by atoms with E-state index < -0.39 is 0 Å². The average molecular weight is 332 g/mol. The molecule has 0 saturated carbocycles. The molecule has 0 saturated heterocycles. The number of aryl methyl sites for hydroxylation is 1. The van der Waals surface area contributed by atoms with Crippen molar-refractivity contribution in [1.29, 1.82) is 0 Å². The van der Waals surface area contributed by atoms with Crippen molar-refractivity contribution < 1.29 is 4.79 Å². The number of rotatable bonds is 6. The van der Waals surface area contributed by atoms with Crippen molar-refractivity contribution in [3.05, 3.63) is 16.5 Å². The van der Waals surface area contributed by atoms with Crippen molar-refractivity contribution >= 4 is 33.6 Å². The molecule has 0 spiro atoms. The van der Waals surface area contributed by atoms with Crippen LogP contribution < -0.4 is 0 Å². The Bertz CT molecular complexity index is 410. The molecule has 1 rings (SSSR count). The van der Waals surface area contributed by atoms with Crippen molar-refractivity contribution in [2.45, 2.75) is 32.2 Å². The summed E-state index contributed by atoms with van der Waals surface area (Å²) in [5.41, 5.74) is 0. The first-order chi connectivity index (χ1) is 8.60. The fraction of sp³-hybridized carbons (Fsp3) is 0.583. The van der Waals surface area contributed by atoms with E-state index in [1.165, 1.54) is 11.8 Å². The maximum Gasteiger partial charge on any atom is 0.232 e. The third kappa shape index (κ3) is 4.57. The second kappa shape index (κ2) is 7.74. The van der Waals surface area contributed by atoms with Gasteiger partial charge in [0.25, 0.3) is 0 Å². The first-order valence-electron chi connectivity index (χ1n) is 6.04. The molecule has 1 heterocycles. The SMILES string of the molecule is CCc1nc(Br)cc(SCC(=O)N(CC)CC)n1. The van der Waals surface area contributed by atoms with Gasteiger partial charge in [-0.1, -0.05) is 18.7 Å². The molecule has 6 heteroatoms. The van der Waals surface area contributed by atoms with Crippen LogP contribution in [0.3, 0.4) is 0 Å². The molecule has 0 aromatic carbocycles. The van der Waals surface area contributed by atoms with Crippen LogP contribution in [0.1, 0.15) is 26.6 Å². The summed E-state index contributed by atoms with van der Waals surface area (Å²) in [5, 5.41) is 0.842. The fourth-order valence-electron chi connectivity index (χ4n) is 1.48. The minimum atomic E-state index is 0.151. The lowest BCUT2D eigenvalue weighted by Crippen LogP contribution is -2.31. The van der Waals surface area contributed by atoms with Crippen LogP contribution in [0, 0.1) is 0 Å². The molecule has 1 amide bonds. The molecular weight excluding hydrogens is 314 g/mol. The molecule has 0 radical (unpaired) electrons. The number of amides is 1. The van der Waals surface area contributed by atoms with E-state index in [2.05, 4.69) is 25.9 Å². The van der Waals surface area contributed by atoms with Gasteiger partial charge >= 0.3 is 0 Å². The van der Waals surface area contributed by atoms with Gasteiger partial charge in [-0.05, 0) is 29.8 Å². The second-order valence-corrected chi connectivity index (χ2v) is 5.46. The molecule has 1 aromatic heterocycles. The fourth-order valence-corrected chi connectivity index (χ4v) is 2.87. The summed E-state index contributed by atoms with van der Waals surface area (Å²) in [7, 11) is 0. The maximum absolute atomic E-state index is 11.9. The normalized spacial score (nSPS) is 10.4. The molecule has 18 heavy (non-hydrogen) atoms. The Labute approximate surface area is 121 Å².